The fraction of sp³-hybridized carbons (Fsp3) is 0.118. The lowest BCUT2D eigenvalue weighted by molar-refractivity contribution is 0.0843. The van der Waals surface area contributed by atoms with Crippen molar-refractivity contribution in [1.82, 2.24) is 15.8 Å². The molecule has 0 fully saturated rings. The minimum Gasteiger partial charge on any atom is -0.466 e. The third kappa shape index (κ3) is 3.58. The van der Waals surface area contributed by atoms with Crippen molar-refractivity contribution >= 4 is 23.2 Å². The second-order valence-corrected chi connectivity index (χ2v) is 6.11. The smallest absolute Gasteiger partial charge is 0.289 e. The molecule has 0 bridgehead atoms. The molecule has 8 heteroatoms. The number of nitrogens with zero attached hydrogens (tertiary/aromatic N) is 1. The van der Waals surface area contributed by atoms with E-state index >= 15 is 0 Å². The first-order chi connectivity index (χ1) is 12.0. The van der Waals surface area contributed by atoms with E-state index in [1.807, 2.05) is 0 Å². The lowest BCUT2D eigenvalue weighted by Gasteiger charge is -2.04. The number of aromatic nitrogens is 1. The normalized spacial score (nSPS) is 10.5. The highest BCUT2D eigenvalue weighted by Crippen LogP contribution is 2.25. The van der Waals surface area contributed by atoms with E-state index in [0.29, 0.717) is 27.7 Å². The SMILES string of the molecule is Cc1cc(C(=O)NNC(=O)c2csc(-c3ccccc3F)n2)c(C)o1. The number of thiazole rings is 1. The predicted molar refractivity (Wildman–Crippen MR) is 90.6 cm³/mol. The maximum atomic E-state index is 13.8. The Labute approximate surface area is 146 Å². The summed E-state index contributed by atoms with van der Waals surface area (Å²) in [4.78, 5) is 28.2. The minimum atomic E-state index is -0.593. The van der Waals surface area contributed by atoms with Gasteiger partial charge in [-0.05, 0) is 32.0 Å². The van der Waals surface area contributed by atoms with Crippen molar-refractivity contribution in [2.24, 2.45) is 0 Å². The number of carbonyl (C=O) groups is 2. The van der Waals surface area contributed by atoms with Crippen molar-refractivity contribution < 1.29 is 18.4 Å². The highest BCUT2D eigenvalue weighted by Gasteiger charge is 2.17. The fourth-order valence-electron chi connectivity index (χ4n) is 2.24. The van der Waals surface area contributed by atoms with Gasteiger partial charge in [-0.2, -0.15) is 0 Å². The molecule has 128 valence electrons. The summed E-state index contributed by atoms with van der Waals surface area (Å²) < 4.78 is 19.0. The third-order valence-electron chi connectivity index (χ3n) is 3.42. The Balaban J connectivity index is 1.67. The van der Waals surface area contributed by atoms with Gasteiger partial charge in [0.05, 0.1) is 5.56 Å². The van der Waals surface area contributed by atoms with Gasteiger partial charge in [0.2, 0.25) is 0 Å². The minimum absolute atomic E-state index is 0.0867. The summed E-state index contributed by atoms with van der Waals surface area (Å²) in [6, 6.07) is 7.76. The average molecular weight is 359 g/mol. The van der Waals surface area contributed by atoms with Crippen LogP contribution < -0.4 is 10.9 Å². The topological polar surface area (TPSA) is 84.2 Å². The Kier molecular flexibility index (Phi) is 4.62. The molecule has 0 radical (unpaired) electrons. The number of benzene rings is 1. The van der Waals surface area contributed by atoms with Crippen LogP contribution in [0.2, 0.25) is 0 Å². The Morgan fingerprint density at radius 3 is 2.56 bits per heavy atom. The van der Waals surface area contributed by atoms with Gasteiger partial charge in [-0.15, -0.1) is 11.3 Å². The molecule has 0 spiro atoms. The molecule has 2 heterocycles. The van der Waals surface area contributed by atoms with Crippen LogP contribution in [0.3, 0.4) is 0 Å². The van der Waals surface area contributed by atoms with Crippen LogP contribution in [0, 0.1) is 19.7 Å². The van der Waals surface area contributed by atoms with Crippen molar-refractivity contribution in [2.75, 3.05) is 0 Å². The number of hydrogen-bond donors (Lipinski definition) is 2. The second kappa shape index (κ2) is 6.86. The molecule has 2 aromatic heterocycles. The number of nitrogens with one attached hydrogen (secondary N) is 2. The summed E-state index contributed by atoms with van der Waals surface area (Å²) in [5, 5.41) is 1.88. The van der Waals surface area contributed by atoms with E-state index in [1.165, 1.54) is 11.4 Å². The van der Waals surface area contributed by atoms with E-state index in [9.17, 15) is 14.0 Å². The molecule has 0 unspecified atom stereocenters. The first-order valence-electron chi connectivity index (χ1n) is 7.34. The number of amides is 2. The summed E-state index contributed by atoms with van der Waals surface area (Å²) in [6.07, 6.45) is 0. The van der Waals surface area contributed by atoms with Crippen LogP contribution >= 0.6 is 11.3 Å². The molecule has 0 saturated carbocycles. The van der Waals surface area contributed by atoms with Gasteiger partial charge < -0.3 is 4.42 Å². The second-order valence-electron chi connectivity index (χ2n) is 5.25. The molecule has 1 aromatic carbocycles. The van der Waals surface area contributed by atoms with Gasteiger partial charge in [0.25, 0.3) is 11.8 Å². The van der Waals surface area contributed by atoms with Gasteiger partial charge in [0, 0.05) is 10.9 Å². The largest absolute Gasteiger partial charge is 0.466 e. The van der Waals surface area contributed by atoms with Crippen LogP contribution in [-0.4, -0.2) is 16.8 Å². The van der Waals surface area contributed by atoms with Crippen molar-refractivity contribution in [3.05, 3.63) is 64.3 Å². The number of carbonyl (C=O) groups excluding carboxylic acids is 2. The van der Waals surface area contributed by atoms with Crippen molar-refractivity contribution in [1.29, 1.82) is 0 Å². The quantitative estimate of drug-likeness (QED) is 0.703. The van der Waals surface area contributed by atoms with E-state index in [0.717, 1.165) is 11.3 Å². The Morgan fingerprint density at radius 1 is 1.16 bits per heavy atom. The molecule has 0 aliphatic rings. The highest BCUT2D eigenvalue weighted by atomic mass is 32.1. The van der Waals surface area contributed by atoms with E-state index < -0.39 is 17.6 Å². The molecule has 0 saturated heterocycles. The molecule has 2 N–H and O–H groups in total. The molecule has 3 aromatic rings. The number of hydrazine groups is 1. The zero-order chi connectivity index (χ0) is 18.0. The summed E-state index contributed by atoms with van der Waals surface area (Å²) in [6.45, 7) is 3.38. The van der Waals surface area contributed by atoms with E-state index in [4.69, 9.17) is 4.42 Å². The summed E-state index contributed by atoms with van der Waals surface area (Å²) in [7, 11) is 0. The highest BCUT2D eigenvalue weighted by molar-refractivity contribution is 7.13. The molecule has 3 rings (SSSR count). The van der Waals surface area contributed by atoms with Crippen LogP contribution in [-0.2, 0) is 0 Å². The maximum Gasteiger partial charge on any atom is 0.289 e. The Hall–Kier alpha value is -3.00. The molecular formula is C17H14FN3O3S. The predicted octanol–water partition coefficient (Wildman–Crippen LogP) is 3.23. The fourth-order valence-corrected chi connectivity index (χ4v) is 3.06. The zero-order valence-electron chi connectivity index (χ0n) is 13.4. The summed E-state index contributed by atoms with van der Waals surface area (Å²) in [5.74, 6) is -0.442. The lowest BCUT2D eigenvalue weighted by atomic mass is 10.2. The van der Waals surface area contributed by atoms with Gasteiger partial charge in [0.15, 0.2) is 0 Å². The van der Waals surface area contributed by atoms with Crippen molar-refractivity contribution in [3.63, 3.8) is 0 Å². The average Bonchev–Trinajstić information content (AvgIpc) is 3.19. The first-order valence-corrected chi connectivity index (χ1v) is 8.22. The monoisotopic (exact) mass is 359 g/mol. The Morgan fingerprint density at radius 2 is 1.88 bits per heavy atom. The zero-order valence-corrected chi connectivity index (χ0v) is 14.2. The maximum absolute atomic E-state index is 13.8. The van der Waals surface area contributed by atoms with Crippen molar-refractivity contribution in [2.45, 2.75) is 13.8 Å². The van der Waals surface area contributed by atoms with Gasteiger partial charge in [0.1, 0.15) is 28.0 Å². The van der Waals surface area contributed by atoms with Gasteiger partial charge in [-0.3, -0.25) is 20.4 Å². The van der Waals surface area contributed by atoms with E-state index in [-0.39, 0.29) is 5.69 Å². The Bertz CT molecular complexity index is 948. The molecular weight excluding hydrogens is 345 g/mol. The van der Waals surface area contributed by atoms with Crippen LogP contribution in [0.1, 0.15) is 32.4 Å². The summed E-state index contributed by atoms with van der Waals surface area (Å²) in [5.41, 5.74) is 5.33. The first kappa shape index (κ1) is 16.8. The molecule has 6 nitrogen and oxygen atoms in total. The molecule has 0 aliphatic heterocycles. The molecule has 25 heavy (non-hydrogen) atoms. The van der Waals surface area contributed by atoms with Crippen LogP contribution in [0.15, 0.2) is 40.1 Å². The molecule has 2 amide bonds. The van der Waals surface area contributed by atoms with Crippen molar-refractivity contribution in [3.8, 4) is 10.6 Å². The number of furan rings is 1. The number of rotatable bonds is 3. The summed E-state index contributed by atoms with van der Waals surface area (Å²) >= 11 is 1.14. The van der Waals surface area contributed by atoms with Crippen LogP contribution in [0.25, 0.3) is 10.6 Å². The number of hydrogen-bond acceptors (Lipinski definition) is 5. The van der Waals surface area contributed by atoms with Crippen LogP contribution in [0.5, 0.6) is 0 Å². The van der Waals surface area contributed by atoms with Crippen LogP contribution in [0.4, 0.5) is 4.39 Å². The third-order valence-corrected chi connectivity index (χ3v) is 4.29. The molecule has 0 aliphatic carbocycles. The number of halogens is 1. The standard InChI is InChI=1S/C17H14FN3O3S/c1-9-7-12(10(2)24-9)15(22)20-21-16(23)14-8-25-17(19-14)11-5-3-4-6-13(11)18/h3-8H,1-2H3,(H,20,22)(H,21,23). The van der Waals surface area contributed by atoms with Gasteiger partial charge in [-0.1, -0.05) is 12.1 Å². The van der Waals surface area contributed by atoms with Gasteiger partial charge in [-0.25, -0.2) is 9.37 Å². The molecule has 0 atom stereocenters. The number of aryl methyl sites for hydroxylation is 2. The van der Waals surface area contributed by atoms with Gasteiger partial charge >= 0.3 is 0 Å². The lowest BCUT2D eigenvalue weighted by Crippen LogP contribution is -2.41. The van der Waals surface area contributed by atoms with E-state index in [1.54, 1.807) is 38.1 Å². The van der Waals surface area contributed by atoms with E-state index in [2.05, 4.69) is 15.8 Å².